The van der Waals surface area contributed by atoms with E-state index in [9.17, 15) is 0 Å². The topological polar surface area (TPSA) is 9.86 Å². The molecule has 1 aliphatic rings. The summed E-state index contributed by atoms with van der Waals surface area (Å²) in [4.78, 5) is 0. The summed E-state index contributed by atoms with van der Waals surface area (Å²) in [6.07, 6.45) is 0. The van der Waals surface area contributed by atoms with Gasteiger partial charge in [0.15, 0.2) is 0 Å². The summed E-state index contributed by atoms with van der Waals surface area (Å²) in [6.45, 7) is 0. The first kappa shape index (κ1) is 53.9. The molecule has 0 aliphatic heterocycles. The minimum Gasteiger partial charge on any atom is -0.309 e. The quantitative estimate of drug-likeness (QED) is 0.122. The maximum absolute atomic E-state index is 2.46. The molecule has 2 aromatic heterocycles. The van der Waals surface area contributed by atoms with Crippen molar-refractivity contribution in [3.05, 3.63) is 386 Å². The molecular formula is C91H60N2. The van der Waals surface area contributed by atoms with Crippen LogP contribution in [0.5, 0.6) is 0 Å². The first-order valence-electron chi connectivity index (χ1n) is 32.2. The van der Waals surface area contributed by atoms with Gasteiger partial charge in [-0.2, -0.15) is 0 Å². The summed E-state index contributed by atoms with van der Waals surface area (Å²) in [5.74, 6) is 0. The van der Waals surface area contributed by atoms with Crippen molar-refractivity contribution in [3.8, 4) is 100 Å². The van der Waals surface area contributed by atoms with Crippen LogP contribution in [-0.2, 0) is 5.41 Å². The lowest BCUT2D eigenvalue weighted by Gasteiger charge is -2.36. The molecule has 1 aliphatic carbocycles. The van der Waals surface area contributed by atoms with E-state index in [4.69, 9.17) is 0 Å². The molecule has 93 heavy (non-hydrogen) atoms. The Morgan fingerprint density at radius 2 is 0.495 bits per heavy atom. The first-order chi connectivity index (χ1) is 46.1. The molecule has 0 saturated carbocycles. The number of benzene rings is 15. The molecule has 0 amide bonds. The van der Waals surface area contributed by atoms with Crippen molar-refractivity contribution in [1.82, 2.24) is 9.13 Å². The molecule has 0 fully saturated rings. The molecule has 0 N–H and O–H groups in total. The van der Waals surface area contributed by atoms with Gasteiger partial charge in [-0.05, 0) is 161 Å². The van der Waals surface area contributed by atoms with Crippen LogP contribution < -0.4 is 0 Å². The molecule has 18 rings (SSSR count). The van der Waals surface area contributed by atoms with Gasteiger partial charge in [0.2, 0.25) is 0 Å². The van der Waals surface area contributed by atoms with Gasteiger partial charge < -0.3 is 9.13 Å². The standard InChI is InChI=1S/C91H60N2/c1-3-23-61(24-4-1)67-27-21-29-71(57-67)73-31-7-14-38-82(73)91(83-39-15-8-34-76(83)77-35-9-16-40-84(77)91)72-30-22-28-68(58-72)64-47-45-62(46-48-64)63-49-51-66(52-50-63)75-33-11-18-42-86(75)93-88-44-20-13-37-79(88)81-60-70(54-56-90(81)93)69-53-55-89-80(59-69)78-36-12-19-43-87(78)92(89)85-41-17-10-32-74(85)65-25-5-2-6-26-65/h1-60H. The Kier molecular flexibility index (Phi) is 12.8. The number of aromatic nitrogens is 2. The van der Waals surface area contributed by atoms with Crippen LogP contribution in [0.4, 0.5) is 0 Å². The molecule has 2 nitrogen and oxygen atoms in total. The maximum atomic E-state index is 2.46. The Morgan fingerprint density at radius 3 is 1.03 bits per heavy atom. The predicted molar refractivity (Wildman–Crippen MR) is 390 cm³/mol. The molecule has 17 aromatic rings. The van der Waals surface area contributed by atoms with Gasteiger partial charge in [0.25, 0.3) is 0 Å². The number of nitrogens with zero attached hydrogens (tertiary/aromatic N) is 2. The molecule has 0 spiro atoms. The summed E-state index contributed by atoms with van der Waals surface area (Å²) in [7, 11) is 0. The molecule has 0 unspecified atom stereocenters. The highest BCUT2D eigenvalue weighted by Gasteiger charge is 2.47. The van der Waals surface area contributed by atoms with Crippen LogP contribution in [0.2, 0.25) is 0 Å². The van der Waals surface area contributed by atoms with E-state index in [1.165, 1.54) is 161 Å². The van der Waals surface area contributed by atoms with Gasteiger partial charge in [-0.3, -0.25) is 0 Å². The number of hydrogen-bond donors (Lipinski definition) is 0. The summed E-state index contributed by atoms with van der Waals surface area (Å²) in [6, 6.07) is 135. The Labute approximate surface area is 541 Å². The van der Waals surface area contributed by atoms with E-state index in [1.54, 1.807) is 0 Å². The van der Waals surface area contributed by atoms with E-state index in [2.05, 4.69) is 373 Å². The Hall–Kier alpha value is -12.1. The SMILES string of the molecule is c1ccc(-c2cccc(-c3ccccc3C3(c4cccc(-c5ccc(-c6ccc(-c7ccccc7-n7c8ccccc8c8cc(-c9ccc%10c(c9)c9ccccc9n%10-c9ccccc9-c9ccccc9)ccc87)cc6)cc5)c4)c4ccccc4-c4ccccc43)c2)cc1. The van der Waals surface area contributed by atoms with Gasteiger partial charge in [-0.1, -0.05) is 303 Å². The fraction of sp³-hybridized carbons (Fsp3) is 0.0110. The highest BCUT2D eigenvalue weighted by Crippen LogP contribution is 2.58. The molecule has 0 atom stereocenters. The lowest BCUT2D eigenvalue weighted by molar-refractivity contribution is 0.771. The summed E-state index contributed by atoms with van der Waals surface area (Å²) < 4.78 is 4.90. The first-order valence-corrected chi connectivity index (χ1v) is 32.2. The second-order valence-electron chi connectivity index (χ2n) is 24.6. The van der Waals surface area contributed by atoms with Crippen LogP contribution in [0.3, 0.4) is 0 Å². The van der Waals surface area contributed by atoms with Crippen molar-refractivity contribution in [2.24, 2.45) is 0 Å². The van der Waals surface area contributed by atoms with Crippen LogP contribution in [0.15, 0.2) is 364 Å². The fourth-order valence-corrected chi connectivity index (χ4v) is 15.4. The average molecular weight is 1180 g/mol. The highest BCUT2D eigenvalue weighted by molar-refractivity contribution is 6.13. The second-order valence-corrected chi connectivity index (χ2v) is 24.6. The summed E-state index contributed by atoms with van der Waals surface area (Å²) in [5, 5.41) is 4.92. The van der Waals surface area contributed by atoms with Gasteiger partial charge in [0, 0.05) is 32.7 Å². The van der Waals surface area contributed by atoms with Crippen molar-refractivity contribution < 1.29 is 0 Å². The van der Waals surface area contributed by atoms with Crippen LogP contribution >= 0.6 is 0 Å². The van der Waals surface area contributed by atoms with Crippen LogP contribution in [0, 0.1) is 0 Å². The van der Waals surface area contributed by atoms with Crippen molar-refractivity contribution in [3.63, 3.8) is 0 Å². The van der Waals surface area contributed by atoms with E-state index in [0.717, 1.165) is 5.69 Å². The van der Waals surface area contributed by atoms with E-state index >= 15 is 0 Å². The average Bonchev–Trinajstić information content (AvgIpc) is 1.58. The van der Waals surface area contributed by atoms with Crippen LogP contribution in [0.1, 0.15) is 22.3 Å². The monoisotopic (exact) mass is 1180 g/mol. The van der Waals surface area contributed by atoms with Crippen molar-refractivity contribution >= 4 is 43.6 Å². The second kappa shape index (κ2) is 22.1. The predicted octanol–water partition coefficient (Wildman–Crippen LogP) is 23.9. The van der Waals surface area contributed by atoms with Crippen LogP contribution in [0.25, 0.3) is 144 Å². The largest absolute Gasteiger partial charge is 0.309 e. The molecule has 0 saturated heterocycles. The van der Waals surface area contributed by atoms with Crippen LogP contribution in [-0.4, -0.2) is 9.13 Å². The van der Waals surface area contributed by atoms with Gasteiger partial charge in [-0.15, -0.1) is 0 Å². The summed E-state index contributed by atoms with van der Waals surface area (Å²) in [5.41, 5.74) is 30.8. The molecule has 2 heteroatoms. The fourth-order valence-electron chi connectivity index (χ4n) is 15.4. The van der Waals surface area contributed by atoms with E-state index in [1.807, 2.05) is 0 Å². The molecule has 15 aromatic carbocycles. The highest BCUT2D eigenvalue weighted by atomic mass is 15.0. The normalized spacial score (nSPS) is 12.4. The molecule has 2 heterocycles. The van der Waals surface area contributed by atoms with Gasteiger partial charge in [-0.25, -0.2) is 0 Å². The molecular weight excluding hydrogens is 1120 g/mol. The minimum absolute atomic E-state index is 0.590. The third-order valence-corrected chi connectivity index (χ3v) is 19.7. The third kappa shape index (κ3) is 8.79. The lowest BCUT2D eigenvalue weighted by atomic mass is 9.65. The number of fused-ring (bicyclic) bond motifs is 9. The lowest BCUT2D eigenvalue weighted by Crippen LogP contribution is -2.29. The molecule has 0 radical (unpaired) electrons. The summed E-state index contributed by atoms with van der Waals surface area (Å²) >= 11 is 0. The molecule has 0 bridgehead atoms. The number of hydrogen-bond acceptors (Lipinski definition) is 0. The minimum atomic E-state index is -0.590. The third-order valence-electron chi connectivity index (χ3n) is 19.7. The Bertz CT molecular complexity index is 5680. The van der Waals surface area contributed by atoms with E-state index in [0.29, 0.717) is 0 Å². The van der Waals surface area contributed by atoms with Crippen molar-refractivity contribution in [2.75, 3.05) is 0 Å². The number of para-hydroxylation sites is 4. The number of rotatable bonds is 11. The Morgan fingerprint density at radius 1 is 0.172 bits per heavy atom. The van der Waals surface area contributed by atoms with E-state index < -0.39 is 5.41 Å². The molecule has 434 valence electrons. The van der Waals surface area contributed by atoms with Gasteiger partial charge >= 0.3 is 0 Å². The van der Waals surface area contributed by atoms with Gasteiger partial charge in [0.05, 0.1) is 38.9 Å². The van der Waals surface area contributed by atoms with Gasteiger partial charge in [0.1, 0.15) is 0 Å². The van der Waals surface area contributed by atoms with Crippen molar-refractivity contribution in [2.45, 2.75) is 5.41 Å². The zero-order valence-corrected chi connectivity index (χ0v) is 51.0. The zero-order valence-electron chi connectivity index (χ0n) is 51.0. The smallest absolute Gasteiger partial charge is 0.0719 e. The maximum Gasteiger partial charge on any atom is 0.0719 e. The Balaban J connectivity index is 0.673. The van der Waals surface area contributed by atoms with E-state index in [-0.39, 0.29) is 0 Å². The van der Waals surface area contributed by atoms with Crippen molar-refractivity contribution in [1.29, 1.82) is 0 Å². The zero-order chi connectivity index (χ0) is 61.4.